The van der Waals surface area contributed by atoms with Crippen LogP contribution in [-0.2, 0) is 4.79 Å². The lowest BCUT2D eigenvalue weighted by molar-refractivity contribution is -0.113. The van der Waals surface area contributed by atoms with Gasteiger partial charge in [-0.25, -0.2) is 0 Å². The largest absolute Gasteiger partial charge is 0.493 e. The van der Waals surface area contributed by atoms with E-state index in [1.54, 1.807) is 11.8 Å². The fourth-order valence-corrected chi connectivity index (χ4v) is 3.08. The number of amides is 1. The molecule has 128 valence electrons. The van der Waals surface area contributed by atoms with Crippen molar-refractivity contribution in [3.8, 4) is 5.75 Å². The number of hydrogen-bond donors (Lipinski definition) is 1. The van der Waals surface area contributed by atoms with Crippen molar-refractivity contribution >= 4 is 23.4 Å². The predicted molar refractivity (Wildman–Crippen MR) is 103 cm³/mol. The van der Waals surface area contributed by atoms with Crippen molar-refractivity contribution in [2.45, 2.75) is 27.7 Å². The molecule has 2 aromatic carbocycles. The second-order valence-corrected chi connectivity index (χ2v) is 7.13. The molecule has 2 aromatic rings. The molecule has 0 unspecified atom stereocenters. The van der Waals surface area contributed by atoms with E-state index in [0.717, 1.165) is 22.8 Å². The molecular weight excluding hydrogens is 318 g/mol. The normalized spacial score (nSPS) is 10.5. The lowest BCUT2D eigenvalue weighted by Gasteiger charge is -2.10. The zero-order valence-electron chi connectivity index (χ0n) is 14.8. The van der Waals surface area contributed by atoms with Crippen LogP contribution in [0, 0.1) is 27.7 Å². The Morgan fingerprint density at radius 2 is 1.79 bits per heavy atom. The smallest absolute Gasteiger partial charge is 0.234 e. The maximum Gasteiger partial charge on any atom is 0.234 e. The van der Waals surface area contributed by atoms with Crippen LogP contribution in [0.5, 0.6) is 5.75 Å². The van der Waals surface area contributed by atoms with Crippen LogP contribution in [-0.4, -0.2) is 24.0 Å². The number of carbonyl (C=O) groups is 1. The molecule has 0 aliphatic rings. The van der Waals surface area contributed by atoms with E-state index in [1.165, 1.54) is 16.7 Å². The molecule has 0 spiro atoms. The highest BCUT2D eigenvalue weighted by molar-refractivity contribution is 7.99. The highest BCUT2D eigenvalue weighted by Crippen LogP contribution is 2.19. The van der Waals surface area contributed by atoms with Gasteiger partial charge in [0.25, 0.3) is 0 Å². The first-order valence-electron chi connectivity index (χ1n) is 8.10. The SMILES string of the molecule is Cc1cc(C)cc(OCCSCC(=O)Nc2cccc(C)c2C)c1. The Morgan fingerprint density at radius 3 is 2.50 bits per heavy atom. The molecule has 3 nitrogen and oxygen atoms in total. The van der Waals surface area contributed by atoms with Gasteiger partial charge in [-0.3, -0.25) is 4.79 Å². The summed E-state index contributed by atoms with van der Waals surface area (Å²) < 4.78 is 5.75. The molecule has 0 saturated heterocycles. The monoisotopic (exact) mass is 343 g/mol. The highest BCUT2D eigenvalue weighted by atomic mass is 32.2. The molecular formula is C20H25NO2S. The van der Waals surface area contributed by atoms with E-state index in [9.17, 15) is 4.79 Å². The summed E-state index contributed by atoms with van der Waals surface area (Å²) in [5.74, 6) is 2.14. The first-order chi connectivity index (χ1) is 11.5. The molecule has 1 amide bonds. The Labute approximate surface area is 148 Å². The van der Waals surface area contributed by atoms with Crippen molar-refractivity contribution in [3.05, 3.63) is 58.7 Å². The molecule has 0 bridgehead atoms. The molecule has 0 atom stereocenters. The number of carbonyl (C=O) groups excluding carboxylic acids is 1. The quantitative estimate of drug-likeness (QED) is 0.742. The summed E-state index contributed by atoms with van der Waals surface area (Å²) in [6.45, 7) is 8.79. The molecule has 0 aliphatic carbocycles. The van der Waals surface area contributed by atoms with E-state index < -0.39 is 0 Å². The molecule has 1 N–H and O–H groups in total. The summed E-state index contributed by atoms with van der Waals surface area (Å²) >= 11 is 1.58. The van der Waals surface area contributed by atoms with E-state index >= 15 is 0 Å². The summed E-state index contributed by atoms with van der Waals surface area (Å²) in [4.78, 5) is 12.0. The number of nitrogens with one attached hydrogen (secondary N) is 1. The Bertz CT molecular complexity index is 693. The highest BCUT2D eigenvalue weighted by Gasteiger charge is 2.06. The van der Waals surface area contributed by atoms with Crippen molar-refractivity contribution in [2.75, 3.05) is 23.4 Å². The third-order valence-electron chi connectivity index (χ3n) is 3.80. The minimum atomic E-state index is 0.0279. The fourth-order valence-electron chi connectivity index (χ4n) is 2.47. The zero-order chi connectivity index (χ0) is 17.5. The molecule has 0 aromatic heterocycles. The standard InChI is InChI=1S/C20H25NO2S/c1-14-10-15(2)12-18(11-14)23-8-9-24-13-20(22)21-19-7-5-6-16(3)17(19)4/h5-7,10-12H,8-9,13H2,1-4H3,(H,21,22). The van der Waals surface area contributed by atoms with Crippen LogP contribution < -0.4 is 10.1 Å². The van der Waals surface area contributed by atoms with E-state index in [4.69, 9.17) is 4.74 Å². The summed E-state index contributed by atoms with van der Waals surface area (Å²) in [5.41, 5.74) is 5.60. The number of aryl methyl sites for hydroxylation is 3. The molecule has 0 saturated carbocycles. The average Bonchev–Trinajstić information content (AvgIpc) is 2.50. The number of benzene rings is 2. The number of rotatable bonds is 7. The fraction of sp³-hybridized carbons (Fsp3) is 0.350. The van der Waals surface area contributed by atoms with Gasteiger partial charge in [0.1, 0.15) is 5.75 Å². The maximum absolute atomic E-state index is 12.0. The van der Waals surface area contributed by atoms with Crippen LogP contribution in [0.15, 0.2) is 36.4 Å². The number of thioether (sulfide) groups is 1. The van der Waals surface area contributed by atoms with Crippen molar-refractivity contribution in [1.29, 1.82) is 0 Å². The minimum absolute atomic E-state index is 0.0279. The van der Waals surface area contributed by atoms with E-state index in [1.807, 2.05) is 44.2 Å². The van der Waals surface area contributed by atoms with Crippen LogP contribution in [0.25, 0.3) is 0 Å². The zero-order valence-corrected chi connectivity index (χ0v) is 15.6. The first-order valence-corrected chi connectivity index (χ1v) is 9.26. The van der Waals surface area contributed by atoms with Crippen molar-refractivity contribution < 1.29 is 9.53 Å². The summed E-state index contributed by atoms with van der Waals surface area (Å²) in [5, 5.41) is 2.97. The molecule has 24 heavy (non-hydrogen) atoms. The van der Waals surface area contributed by atoms with Crippen LogP contribution in [0.3, 0.4) is 0 Å². The van der Waals surface area contributed by atoms with Gasteiger partial charge in [-0.05, 0) is 68.1 Å². The van der Waals surface area contributed by atoms with Crippen LogP contribution in [0.2, 0.25) is 0 Å². The van der Waals surface area contributed by atoms with Crippen molar-refractivity contribution in [2.24, 2.45) is 0 Å². The van der Waals surface area contributed by atoms with E-state index in [-0.39, 0.29) is 5.91 Å². The molecule has 0 radical (unpaired) electrons. The molecule has 2 rings (SSSR count). The van der Waals surface area contributed by atoms with Crippen LogP contribution >= 0.6 is 11.8 Å². The number of anilines is 1. The number of ether oxygens (including phenoxy) is 1. The van der Waals surface area contributed by atoms with Crippen molar-refractivity contribution in [3.63, 3.8) is 0 Å². The summed E-state index contributed by atoms with van der Waals surface area (Å²) in [6, 6.07) is 12.1. The maximum atomic E-state index is 12.0. The van der Waals surface area contributed by atoms with Gasteiger partial charge in [0, 0.05) is 11.4 Å². The van der Waals surface area contributed by atoms with E-state index in [2.05, 4.69) is 25.2 Å². The van der Waals surface area contributed by atoms with Gasteiger partial charge < -0.3 is 10.1 Å². The van der Waals surface area contributed by atoms with E-state index in [0.29, 0.717) is 12.4 Å². The number of hydrogen-bond acceptors (Lipinski definition) is 3. The summed E-state index contributed by atoms with van der Waals surface area (Å²) in [7, 11) is 0. The Morgan fingerprint density at radius 1 is 1.08 bits per heavy atom. The van der Waals surface area contributed by atoms with Crippen LogP contribution in [0.4, 0.5) is 5.69 Å². The van der Waals surface area contributed by atoms with Gasteiger partial charge in [0.2, 0.25) is 5.91 Å². The topological polar surface area (TPSA) is 38.3 Å². The van der Waals surface area contributed by atoms with Gasteiger partial charge in [-0.15, -0.1) is 11.8 Å². The molecule has 0 heterocycles. The third-order valence-corrected chi connectivity index (χ3v) is 4.73. The summed E-state index contributed by atoms with van der Waals surface area (Å²) in [6.07, 6.45) is 0. The molecule has 4 heteroatoms. The Kier molecular flexibility index (Phi) is 6.73. The Balaban J connectivity index is 1.70. The second-order valence-electron chi connectivity index (χ2n) is 6.02. The lowest BCUT2D eigenvalue weighted by Crippen LogP contribution is -2.16. The van der Waals surface area contributed by atoms with Gasteiger partial charge in [-0.2, -0.15) is 0 Å². The van der Waals surface area contributed by atoms with Crippen molar-refractivity contribution in [1.82, 2.24) is 0 Å². The van der Waals surface area contributed by atoms with Gasteiger partial charge in [0.15, 0.2) is 0 Å². The first kappa shape index (κ1) is 18.4. The predicted octanol–water partition coefficient (Wildman–Crippen LogP) is 4.67. The lowest BCUT2D eigenvalue weighted by atomic mass is 10.1. The minimum Gasteiger partial charge on any atom is -0.493 e. The van der Waals surface area contributed by atoms with Gasteiger partial charge in [-0.1, -0.05) is 18.2 Å². The molecule has 0 fully saturated rings. The average molecular weight is 343 g/mol. The van der Waals surface area contributed by atoms with Gasteiger partial charge >= 0.3 is 0 Å². The second kappa shape index (κ2) is 8.78. The molecule has 0 aliphatic heterocycles. The van der Waals surface area contributed by atoms with Crippen LogP contribution in [0.1, 0.15) is 22.3 Å². The third kappa shape index (κ3) is 5.60. The Hall–Kier alpha value is -1.94. The van der Waals surface area contributed by atoms with Gasteiger partial charge in [0.05, 0.1) is 12.4 Å².